The van der Waals surface area contributed by atoms with Crippen molar-refractivity contribution in [3.05, 3.63) is 24.3 Å². The van der Waals surface area contributed by atoms with Crippen LogP contribution in [0.15, 0.2) is 18.6 Å². The average Bonchev–Trinajstić information content (AvgIpc) is 2.30. The lowest BCUT2D eigenvalue weighted by atomic mass is 10.0. The Balaban J connectivity index is 2.13. The Hall–Kier alpha value is -1.45. The third-order valence-electron chi connectivity index (χ3n) is 2.85. The van der Waals surface area contributed by atoms with Gasteiger partial charge in [-0.1, -0.05) is 0 Å². The van der Waals surface area contributed by atoms with Crippen molar-refractivity contribution in [1.82, 2.24) is 14.9 Å². The molecule has 0 unspecified atom stereocenters. The molecule has 80 valence electrons. The summed E-state index contributed by atoms with van der Waals surface area (Å²) in [5.41, 5.74) is 0.450. The van der Waals surface area contributed by atoms with Crippen LogP contribution in [-0.2, 0) is 0 Å². The number of piperidine rings is 1. The lowest BCUT2D eigenvalue weighted by molar-refractivity contribution is 0.0629. The van der Waals surface area contributed by atoms with Crippen molar-refractivity contribution in [3.63, 3.8) is 0 Å². The Bertz CT molecular complexity index is 339. The lowest BCUT2D eigenvalue weighted by Gasteiger charge is -2.33. The van der Waals surface area contributed by atoms with Crippen LogP contribution in [0.25, 0.3) is 0 Å². The molecule has 1 aromatic heterocycles. The van der Waals surface area contributed by atoms with Crippen LogP contribution >= 0.6 is 0 Å². The maximum atomic E-state index is 12.0. The number of nitrogens with zero attached hydrogens (tertiary/aromatic N) is 3. The number of hydrogen-bond acceptors (Lipinski definition) is 3. The van der Waals surface area contributed by atoms with Crippen molar-refractivity contribution >= 4 is 5.91 Å². The molecular weight excluding hydrogens is 190 g/mol. The summed E-state index contributed by atoms with van der Waals surface area (Å²) in [6, 6.07) is 0.327. The number of rotatable bonds is 1. The van der Waals surface area contributed by atoms with Crippen LogP contribution in [-0.4, -0.2) is 33.4 Å². The molecule has 0 bridgehead atoms. The topological polar surface area (TPSA) is 46.1 Å². The minimum absolute atomic E-state index is 0.00954. The molecule has 1 atom stereocenters. The lowest BCUT2D eigenvalue weighted by Crippen LogP contribution is -2.42. The van der Waals surface area contributed by atoms with Crippen LogP contribution < -0.4 is 0 Å². The monoisotopic (exact) mass is 205 g/mol. The average molecular weight is 205 g/mol. The van der Waals surface area contributed by atoms with E-state index in [0.717, 1.165) is 19.4 Å². The van der Waals surface area contributed by atoms with E-state index >= 15 is 0 Å². The largest absolute Gasteiger partial charge is 0.335 e. The fourth-order valence-corrected chi connectivity index (χ4v) is 1.96. The van der Waals surface area contributed by atoms with Crippen LogP contribution in [0, 0.1) is 0 Å². The molecule has 0 N–H and O–H groups in total. The molecule has 1 aromatic rings. The van der Waals surface area contributed by atoms with E-state index in [1.165, 1.54) is 12.6 Å². The highest BCUT2D eigenvalue weighted by Crippen LogP contribution is 2.17. The number of aromatic nitrogens is 2. The van der Waals surface area contributed by atoms with Gasteiger partial charge in [-0.2, -0.15) is 0 Å². The molecule has 4 nitrogen and oxygen atoms in total. The van der Waals surface area contributed by atoms with E-state index < -0.39 is 0 Å². The third-order valence-corrected chi connectivity index (χ3v) is 2.85. The van der Waals surface area contributed by atoms with Crippen molar-refractivity contribution in [2.24, 2.45) is 0 Å². The molecule has 4 heteroatoms. The zero-order valence-corrected chi connectivity index (χ0v) is 8.89. The van der Waals surface area contributed by atoms with Crippen LogP contribution in [0.5, 0.6) is 0 Å². The minimum Gasteiger partial charge on any atom is -0.335 e. The summed E-state index contributed by atoms with van der Waals surface area (Å²) >= 11 is 0. The van der Waals surface area contributed by atoms with E-state index in [1.807, 2.05) is 4.90 Å². The normalized spacial score (nSPS) is 21.4. The summed E-state index contributed by atoms with van der Waals surface area (Å²) in [7, 11) is 0. The molecular formula is C11H15N3O. The molecule has 0 spiro atoms. The molecule has 0 aliphatic carbocycles. The van der Waals surface area contributed by atoms with Crippen LogP contribution in [0.4, 0.5) is 0 Å². The second-order valence-electron chi connectivity index (χ2n) is 3.93. The number of amides is 1. The second-order valence-corrected chi connectivity index (χ2v) is 3.93. The van der Waals surface area contributed by atoms with Crippen LogP contribution in [0.3, 0.4) is 0 Å². The van der Waals surface area contributed by atoms with E-state index in [-0.39, 0.29) is 5.91 Å². The summed E-state index contributed by atoms with van der Waals surface area (Å²) in [5, 5.41) is 0. The standard InChI is InChI=1S/C11H15N3O/c1-9-4-2-3-7-14(9)11(15)10-8-12-5-6-13-10/h5-6,8-9H,2-4,7H2,1H3/t9-/m0/s1. The maximum absolute atomic E-state index is 12.0. The van der Waals surface area contributed by atoms with Gasteiger partial charge in [0.2, 0.25) is 0 Å². The third kappa shape index (κ3) is 2.14. The molecule has 1 aliphatic heterocycles. The smallest absolute Gasteiger partial charge is 0.274 e. The Labute approximate surface area is 89.3 Å². The molecule has 15 heavy (non-hydrogen) atoms. The molecule has 0 radical (unpaired) electrons. The zero-order chi connectivity index (χ0) is 10.7. The SMILES string of the molecule is C[C@H]1CCCCN1C(=O)c1cnccn1. The van der Waals surface area contributed by atoms with Gasteiger partial charge < -0.3 is 4.90 Å². The van der Waals surface area contributed by atoms with E-state index in [9.17, 15) is 4.79 Å². The van der Waals surface area contributed by atoms with E-state index in [0.29, 0.717) is 11.7 Å². The minimum atomic E-state index is 0.00954. The quantitative estimate of drug-likeness (QED) is 0.697. The van der Waals surface area contributed by atoms with Gasteiger partial charge in [0.1, 0.15) is 5.69 Å². The van der Waals surface area contributed by atoms with Gasteiger partial charge in [-0.25, -0.2) is 4.98 Å². The van der Waals surface area contributed by atoms with Gasteiger partial charge in [0.25, 0.3) is 5.91 Å². The Morgan fingerprint density at radius 1 is 1.47 bits per heavy atom. The van der Waals surface area contributed by atoms with Gasteiger partial charge in [0.05, 0.1) is 6.20 Å². The molecule has 2 rings (SSSR count). The number of carbonyl (C=O) groups is 1. The number of hydrogen-bond donors (Lipinski definition) is 0. The summed E-state index contributed by atoms with van der Waals surface area (Å²) in [6.07, 6.45) is 8.07. The fourth-order valence-electron chi connectivity index (χ4n) is 1.96. The number of likely N-dealkylation sites (tertiary alicyclic amines) is 1. The summed E-state index contributed by atoms with van der Waals surface area (Å²) in [5.74, 6) is 0.00954. The van der Waals surface area contributed by atoms with E-state index in [1.54, 1.807) is 12.4 Å². The van der Waals surface area contributed by atoms with Gasteiger partial charge in [-0.15, -0.1) is 0 Å². The van der Waals surface area contributed by atoms with Gasteiger partial charge in [0.15, 0.2) is 0 Å². The van der Waals surface area contributed by atoms with E-state index in [2.05, 4.69) is 16.9 Å². The maximum Gasteiger partial charge on any atom is 0.274 e. The van der Waals surface area contributed by atoms with Crippen molar-refractivity contribution < 1.29 is 4.79 Å². The first-order valence-electron chi connectivity index (χ1n) is 5.36. The zero-order valence-electron chi connectivity index (χ0n) is 8.89. The van der Waals surface area contributed by atoms with Crippen LogP contribution in [0.2, 0.25) is 0 Å². The predicted octanol–water partition coefficient (Wildman–Crippen LogP) is 1.49. The molecule has 1 fully saturated rings. The van der Waals surface area contributed by atoms with Crippen molar-refractivity contribution in [1.29, 1.82) is 0 Å². The van der Waals surface area contributed by atoms with Gasteiger partial charge in [0, 0.05) is 25.0 Å². The molecule has 1 amide bonds. The highest BCUT2D eigenvalue weighted by atomic mass is 16.2. The molecule has 1 saturated heterocycles. The predicted molar refractivity (Wildman–Crippen MR) is 56.4 cm³/mol. The van der Waals surface area contributed by atoms with Crippen molar-refractivity contribution in [2.75, 3.05) is 6.54 Å². The first kappa shape index (κ1) is 10.1. The first-order valence-corrected chi connectivity index (χ1v) is 5.36. The number of carbonyl (C=O) groups excluding carboxylic acids is 1. The summed E-state index contributed by atoms with van der Waals surface area (Å²) < 4.78 is 0. The molecule has 0 aromatic carbocycles. The highest BCUT2D eigenvalue weighted by Gasteiger charge is 2.24. The Morgan fingerprint density at radius 3 is 3.00 bits per heavy atom. The summed E-state index contributed by atoms with van der Waals surface area (Å²) in [4.78, 5) is 21.9. The van der Waals surface area contributed by atoms with Crippen molar-refractivity contribution in [3.8, 4) is 0 Å². The van der Waals surface area contributed by atoms with Crippen LogP contribution in [0.1, 0.15) is 36.7 Å². The fraction of sp³-hybridized carbons (Fsp3) is 0.545. The Kier molecular flexibility index (Phi) is 2.94. The van der Waals surface area contributed by atoms with Gasteiger partial charge in [-0.3, -0.25) is 9.78 Å². The van der Waals surface area contributed by atoms with Gasteiger partial charge in [-0.05, 0) is 26.2 Å². The molecule has 2 heterocycles. The first-order chi connectivity index (χ1) is 7.29. The van der Waals surface area contributed by atoms with Crippen molar-refractivity contribution in [2.45, 2.75) is 32.2 Å². The molecule has 0 saturated carbocycles. The second kappa shape index (κ2) is 4.38. The summed E-state index contributed by atoms with van der Waals surface area (Å²) in [6.45, 7) is 2.93. The van der Waals surface area contributed by atoms with Gasteiger partial charge >= 0.3 is 0 Å². The Morgan fingerprint density at radius 2 is 2.33 bits per heavy atom. The van der Waals surface area contributed by atoms with E-state index in [4.69, 9.17) is 0 Å². The highest BCUT2D eigenvalue weighted by molar-refractivity contribution is 5.92. The molecule has 1 aliphatic rings.